The largest absolute Gasteiger partial charge is 0.336 e. The van der Waals surface area contributed by atoms with Gasteiger partial charge in [0.2, 0.25) is 11.7 Å². The van der Waals surface area contributed by atoms with E-state index >= 15 is 0 Å². The maximum absolute atomic E-state index is 13.7. The predicted molar refractivity (Wildman–Crippen MR) is 145 cm³/mol. The van der Waals surface area contributed by atoms with E-state index in [9.17, 15) is 4.79 Å². The van der Waals surface area contributed by atoms with Crippen LogP contribution in [0.15, 0.2) is 59.8 Å². The van der Waals surface area contributed by atoms with Crippen LogP contribution in [0.4, 0.5) is 0 Å². The first-order chi connectivity index (χ1) is 17.8. The molecule has 188 valence electrons. The molecule has 0 saturated heterocycles. The molecule has 0 aliphatic heterocycles. The monoisotopic (exact) mass is 501 g/mol. The second-order valence-electron chi connectivity index (χ2n) is 10.4. The molecule has 0 unspecified atom stereocenters. The number of hydrogen-bond acceptors (Lipinski definition) is 4. The Balaban J connectivity index is 1.27. The van der Waals surface area contributed by atoms with Crippen molar-refractivity contribution in [3.63, 3.8) is 0 Å². The lowest BCUT2D eigenvalue weighted by molar-refractivity contribution is -0.135. The number of amides is 1. The second-order valence-corrected chi connectivity index (χ2v) is 11.3. The van der Waals surface area contributed by atoms with E-state index in [2.05, 4.69) is 72.6 Å². The van der Waals surface area contributed by atoms with Crippen LogP contribution in [0.25, 0.3) is 16.8 Å². The number of fused-ring (bicyclic) bond motifs is 3. The number of imidazole rings is 1. The summed E-state index contributed by atoms with van der Waals surface area (Å²) in [6.07, 6.45) is 12.3. The molecule has 6 nitrogen and oxygen atoms in total. The summed E-state index contributed by atoms with van der Waals surface area (Å²) in [5.74, 6) is 1.53. The summed E-state index contributed by atoms with van der Waals surface area (Å²) < 4.78 is 4.35. The van der Waals surface area contributed by atoms with Crippen LogP contribution in [0.3, 0.4) is 0 Å². The third-order valence-corrected chi connectivity index (χ3v) is 8.92. The van der Waals surface area contributed by atoms with Crippen LogP contribution < -0.4 is 0 Å². The van der Waals surface area contributed by atoms with Gasteiger partial charge in [-0.15, -0.1) is 10.2 Å². The Morgan fingerprint density at radius 3 is 2.08 bits per heavy atom. The SMILES string of the molecule is O=C(CSc1nnc2n(Cc3ccccc3)c3ccccc3n12)N(C1CCCCC1)C1CCCCC1. The van der Waals surface area contributed by atoms with Gasteiger partial charge < -0.3 is 9.47 Å². The van der Waals surface area contributed by atoms with Crippen LogP contribution in [0.1, 0.15) is 69.8 Å². The second kappa shape index (κ2) is 10.7. The van der Waals surface area contributed by atoms with Crippen LogP contribution in [0.2, 0.25) is 0 Å². The van der Waals surface area contributed by atoms with E-state index in [1.807, 2.05) is 6.07 Å². The zero-order chi connectivity index (χ0) is 24.3. The summed E-state index contributed by atoms with van der Waals surface area (Å²) in [5, 5.41) is 9.93. The van der Waals surface area contributed by atoms with Crippen molar-refractivity contribution < 1.29 is 4.79 Å². The minimum absolute atomic E-state index is 0.281. The topological polar surface area (TPSA) is 55.4 Å². The van der Waals surface area contributed by atoms with Gasteiger partial charge in [-0.3, -0.25) is 9.20 Å². The maximum Gasteiger partial charge on any atom is 0.237 e. The number of carbonyl (C=O) groups excluding carboxylic acids is 1. The van der Waals surface area contributed by atoms with E-state index in [0.29, 0.717) is 17.8 Å². The van der Waals surface area contributed by atoms with Crippen molar-refractivity contribution in [1.82, 2.24) is 24.1 Å². The van der Waals surface area contributed by atoms with E-state index in [0.717, 1.165) is 54.2 Å². The molecule has 7 heteroatoms. The highest BCUT2D eigenvalue weighted by molar-refractivity contribution is 7.99. The minimum Gasteiger partial charge on any atom is -0.336 e. The lowest BCUT2D eigenvalue weighted by Crippen LogP contribution is -2.49. The first-order valence-electron chi connectivity index (χ1n) is 13.6. The first kappa shape index (κ1) is 23.6. The zero-order valence-electron chi connectivity index (χ0n) is 20.9. The highest BCUT2D eigenvalue weighted by atomic mass is 32.2. The van der Waals surface area contributed by atoms with Gasteiger partial charge in [0.15, 0.2) is 5.16 Å². The Kier molecular flexibility index (Phi) is 6.99. The van der Waals surface area contributed by atoms with Crippen molar-refractivity contribution in [3.05, 3.63) is 60.2 Å². The molecular weight excluding hydrogens is 466 g/mol. The van der Waals surface area contributed by atoms with Crippen molar-refractivity contribution in [2.75, 3.05) is 5.75 Å². The quantitative estimate of drug-likeness (QED) is 0.278. The summed E-state index contributed by atoms with van der Waals surface area (Å²) in [6.45, 7) is 0.733. The first-order valence-corrected chi connectivity index (χ1v) is 14.6. The number of benzene rings is 2. The molecule has 2 aliphatic carbocycles. The summed E-state index contributed by atoms with van der Waals surface area (Å²) in [7, 11) is 0. The highest BCUT2D eigenvalue weighted by Gasteiger charge is 2.32. The molecule has 2 aliphatic rings. The standard InChI is InChI=1S/C29H35N5OS/c35-27(33(23-14-6-2-7-15-23)24-16-8-3-9-17-24)21-36-29-31-30-28-32(20-22-12-4-1-5-13-22)25-18-10-11-19-26(25)34(28)29/h1,4-5,10-13,18-19,23-24H,2-3,6-9,14-17,20-21H2. The number of carbonyl (C=O) groups is 1. The normalized spacial score (nSPS) is 17.7. The van der Waals surface area contributed by atoms with Crippen LogP contribution in [-0.2, 0) is 11.3 Å². The third kappa shape index (κ3) is 4.65. The van der Waals surface area contributed by atoms with Gasteiger partial charge in [0.05, 0.1) is 23.3 Å². The van der Waals surface area contributed by atoms with Crippen LogP contribution >= 0.6 is 11.8 Å². The lowest BCUT2D eigenvalue weighted by Gasteiger charge is -2.41. The minimum atomic E-state index is 0.281. The average molecular weight is 502 g/mol. The molecule has 1 amide bonds. The van der Waals surface area contributed by atoms with Gasteiger partial charge in [0, 0.05) is 12.1 Å². The number of hydrogen-bond donors (Lipinski definition) is 0. The van der Waals surface area contributed by atoms with E-state index in [-0.39, 0.29) is 5.91 Å². The number of aromatic nitrogens is 4. The molecule has 2 aromatic heterocycles. The van der Waals surface area contributed by atoms with E-state index in [1.54, 1.807) is 11.8 Å². The lowest BCUT2D eigenvalue weighted by atomic mass is 9.88. The van der Waals surface area contributed by atoms with Crippen molar-refractivity contribution in [2.24, 2.45) is 0 Å². The smallest absolute Gasteiger partial charge is 0.237 e. The molecule has 0 bridgehead atoms. The van der Waals surface area contributed by atoms with Gasteiger partial charge in [0.1, 0.15) is 0 Å². The van der Waals surface area contributed by atoms with Gasteiger partial charge in [-0.1, -0.05) is 92.8 Å². The Morgan fingerprint density at radius 2 is 1.42 bits per heavy atom. The van der Waals surface area contributed by atoms with Gasteiger partial charge in [-0.05, 0) is 43.4 Å². The molecule has 36 heavy (non-hydrogen) atoms. The molecule has 6 rings (SSSR count). The molecule has 0 radical (unpaired) electrons. The Hall–Kier alpha value is -2.80. The molecule has 2 aromatic carbocycles. The molecule has 0 spiro atoms. The van der Waals surface area contributed by atoms with Gasteiger partial charge in [0.25, 0.3) is 0 Å². The molecular formula is C29H35N5OS. The average Bonchev–Trinajstić information content (AvgIpc) is 3.49. The fraction of sp³-hybridized carbons (Fsp3) is 0.483. The molecule has 0 atom stereocenters. The predicted octanol–water partition coefficient (Wildman–Crippen LogP) is 6.32. The molecule has 2 saturated carbocycles. The van der Waals surface area contributed by atoms with E-state index in [4.69, 9.17) is 0 Å². The Morgan fingerprint density at radius 1 is 0.806 bits per heavy atom. The molecule has 2 heterocycles. The van der Waals surface area contributed by atoms with E-state index in [1.165, 1.54) is 44.1 Å². The van der Waals surface area contributed by atoms with Crippen molar-refractivity contribution >= 4 is 34.5 Å². The molecule has 4 aromatic rings. The third-order valence-electron chi connectivity index (χ3n) is 8.00. The van der Waals surface area contributed by atoms with Crippen LogP contribution in [0, 0.1) is 0 Å². The molecule has 0 N–H and O–H groups in total. The Labute approximate surface area is 217 Å². The van der Waals surface area contributed by atoms with Gasteiger partial charge in [-0.25, -0.2) is 0 Å². The van der Waals surface area contributed by atoms with Crippen LogP contribution in [-0.4, -0.2) is 47.8 Å². The maximum atomic E-state index is 13.7. The van der Waals surface area contributed by atoms with Gasteiger partial charge in [-0.2, -0.15) is 0 Å². The fourth-order valence-electron chi connectivity index (χ4n) is 6.28. The van der Waals surface area contributed by atoms with Crippen molar-refractivity contribution in [2.45, 2.75) is 88.0 Å². The summed E-state index contributed by atoms with van der Waals surface area (Å²) in [4.78, 5) is 16.0. The van der Waals surface area contributed by atoms with E-state index < -0.39 is 0 Å². The van der Waals surface area contributed by atoms with Crippen molar-refractivity contribution in [3.8, 4) is 0 Å². The number of nitrogens with zero attached hydrogens (tertiary/aromatic N) is 5. The molecule has 2 fully saturated rings. The number of para-hydroxylation sites is 2. The Bertz CT molecular complexity index is 1300. The fourth-order valence-corrected chi connectivity index (χ4v) is 7.09. The van der Waals surface area contributed by atoms with Gasteiger partial charge >= 0.3 is 0 Å². The number of rotatable bonds is 7. The summed E-state index contributed by atoms with van der Waals surface area (Å²) >= 11 is 1.54. The zero-order valence-corrected chi connectivity index (χ0v) is 21.7. The highest BCUT2D eigenvalue weighted by Crippen LogP contribution is 2.32. The summed E-state index contributed by atoms with van der Waals surface area (Å²) in [5.41, 5.74) is 3.44. The van der Waals surface area contributed by atoms with Crippen LogP contribution in [0.5, 0.6) is 0 Å². The van der Waals surface area contributed by atoms with Crippen molar-refractivity contribution in [1.29, 1.82) is 0 Å². The number of thioether (sulfide) groups is 1. The summed E-state index contributed by atoms with van der Waals surface area (Å²) in [6, 6.07) is 19.7.